The van der Waals surface area contributed by atoms with Gasteiger partial charge >= 0.3 is 0 Å². The molecule has 1 aromatic carbocycles. The largest absolute Gasteiger partial charge is 0.418 e. The van der Waals surface area contributed by atoms with Crippen LogP contribution in [0.5, 0.6) is 0 Å². The van der Waals surface area contributed by atoms with Crippen LogP contribution in [0.3, 0.4) is 0 Å². The first-order chi connectivity index (χ1) is 7.90. The lowest BCUT2D eigenvalue weighted by Crippen LogP contribution is -2.41. The second kappa shape index (κ2) is 6.06. The minimum absolute atomic E-state index is 0.586. The van der Waals surface area contributed by atoms with Crippen LogP contribution in [0, 0.1) is 0 Å². The highest BCUT2D eigenvalue weighted by Crippen LogP contribution is 2.18. The zero-order chi connectivity index (χ0) is 11.2. The summed E-state index contributed by atoms with van der Waals surface area (Å²) in [5, 5.41) is 3.64. The lowest BCUT2D eigenvalue weighted by atomic mass is 10.3. The van der Waals surface area contributed by atoms with Gasteiger partial charge in [-0.15, -0.1) is 0 Å². The van der Waals surface area contributed by atoms with Gasteiger partial charge in [-0.2, -0.15) is 0 Å². The first-order valence-corrected chi connectivity index (χ1v) is 8.29. The first kappa shape index (κ1) is 11.7. The summed E-state index contributed by atoms with van der Waals surface area (Å²) in [6, 6.07) is 11.8. The maximum absolute atomic E-state index is 5.98. The van der Waals surface area contributed by atoms with Crippen LogP contribution in [-0.4, -0.2) is 21.3 Å². The van der Waals surface area contributed by atoms with Crippen LogP contribution in [0.2, 0.25) is 6.04 Å². The van der Waals surface area contributed by atoms with Gasteiger partial charge in [0.1, 0.15) is 0 Å². The summed E-state index contributed by atoms with van der Waals surface area (Å²) in [5.74, 6) is 0. The number of rotatable bonds is 4. The normalized spacial score (nSPS) is 22.7. The predicted octanol–water partition coefficient (Wildman–Crippen LogP) is 2.95. The van der Waals surface area contributed by atoms with Gasteiger partial charge in [-0.1, -0.05) is 31.5 Å². The highest BCUT2D eigenvalue weighted by Gasteiger charge is 2.25. The Kier molecular flexibility index (Phi) is 4.42. The van der Waals surface area contributed by atoms with E-state index in [0.29, 0.717) is 5.67 Å². The third kappa shape index (κ3) is 3.09. The number of benzene rings is 1. The Labute approximate surface area is 99.7 Å². The molecule has 2 nitrogen and oxygen atoms in total. The molecular weight excluding hydrogens is 214 g/mol. The van der Waals surface area contributed by atoms with Crippen LogP contribution >= 0.6 is 0 Å². The summed E-state index contributed by atoms with van der Waals surface area (Å²) in [5.41, 5.74) is 1.82. The van der Waals surface area contributed by atoms with E-state index in [2.05, 4.69) is 42.6 Å². The highest BCUT2D eigenvalue weighted by molar-refractivity contribution is 6.54. The molecule has 2 atom stereocenters. The van der Waals surface area contributed by atoms with Crippen molar-refractivity contribution in [2.45, 2.75) is 37.9 Å². The number of hydrogen-bond donors (Lipinski definition) is 1. The van der Waals surface area contributed by atoms with Gasteiger partial charge in [-0.3, -0.25) is 0 Å². The molecule has 3 heteroatoms. The molecule has 2 rings (SSSR count). The van der Waals surface area contributed by atoms with Gasteiger partial charge in [0.2, 0.25) is 0 Å². The van der Waals surface area contributed by atoms with E-state index in [4.69, 9.17) is 4.43 Å². The van der Waals surface area contributed by atoms with E-state index in [-0.39, 0.29) is 0 Å². The van der Waals surface area contributed by atoms with Crippen LogP contribution in [-0.2, 0) is 4.43 Å². The molecule has 1 saturated heterocycles. The molecule has 1 N–H and O–H groups in total. The van der Waals surface area contributed by atoms with Crippen molar-refractivity contribution in [3.8, 4) is 0 Å². The SMILES string of the molecule is CCC(Nc1ccccc1)[SiH]1CCCCO1. The zero-order valence-electron chi connectivity index (χ0n) is 9.99. The fourth-order valence-electron chi connectivity index (χ4n) is 2.29. The highest BCUT2D eigenvalue weighted by atomic mass is 28.3. The summed E-state index contributed by atoms with van der Waals surface area (Å²) in [7, 11) is -1.02. The standard InChI is InChI=1S/C13H21NOSi/c1-2-13(16-11-7-6-10-15-16)14-12-8-4-3-5-9-12/h3-5,8-9,13-14,16H,2,6-7,10-11H2,1H3. The van der Waals surface area contributed by atoms with Crippen molar-refractivity contribution in [2.75, 3.05) is 11.9 Å². The molecule has 0 aromatic heterocycles. The van der Waals surface area contributed by atoms with Crippen LogP contribution in [0.15, 0.2) is 30.3 Å². The fraction of sp³-hybridized carbons (Fsp3) is 0.538. The van der Waals surface area contributed by atoms with Crippen molar-refractivity contribution in [3.05, 3.63) is 30.3 Å². The monoisotopic (exact) mass is 235 g/mol. The summed E-state index contributed by atoms with van der Waals surface area (Å²) in [4.78, 5) is 0. The van der Waals surface area contributed by atoms with E-state index in [1.165, 1.54) is 31.0 Å². The van der Waals surface area contributed by atoms with E-state index in [9.17, 15) is 0 Å². The van der Waals surface area contributed by atoms with Gasteiger partial charge in [-0.25, -0.2) is 0 Å². The molecule has 0 radical (unpaired) electrons. The molecule has 1 heterocycles. The molecule has 0 bridgehead atoms. The van der Waals surface area contributed by atoms with Crippen molar-refractivity contribution >= 4 is 14.7 Å². The smallest absolute Gasteiger partial charge is 0.198 e. The Morgan fingerprint density at radius 3 is 2.75 bits per heavy atom. The molecule has 0 saturated carbocycles. The van der Waals surface area contributed by atoms with Crippen molar-refractivity contribution < 1.29 is 4.43 Å². The van der Waals surface area contributed by atoms with E-state index in [1.807, 2.05) is 0 Å². The maximum atomic E-state index is 5.98. The number of hydrogen-bond acceptors (Lipinski definition) is 2. The molecular formula is C13H21NOSi. The van der Waals surface area contributed by atoms with E-state index >= 15 is 0 Å². The van der Waals surface area contributed by atoms with Crippen molar-refractivity contribution in [3.63, 3.8) is 0 Å². The Hall–Kier alpha value is -0.803. The van der Waals surface area contributed by atoms with Gasteiger partial charge < -0.3 is 9.74 Å². The van der Waals surface area contributed by atoms with Crippen molar-refractivity contribution in [1.29, 1.82) is 0 Å². The van der Waals surface area contributed by atoms with Gasteiger partial charge in [0.05, 0.1) is 0 Å². The second-order valence-electron chi connectivity index (χ2n) is 4.43. The van der Waals surface area contributed by atoms with Crippen LogP contribution in [0.1, 0.15) is 26.2 Å². The summed E-state index contributed by atoms with van der Waals surface area (Å²) < 4.78 is 5.98. The van der Waals surface area contributed by atoms with Crippen LogP contribution in [0.25, 0.3) is 0 Å². The third-order valence-electron chi connectivity index (χ3n) is 3.23. The second-order valence-corrected chi connectivity index (χ2v) is 7.22. The molecule has 88 valence electrons. The van der Waals surface area contributed by atoms with E-state index in [1.54, 1.807) is 0 Å². The number of nitrogens with one attached hydrogen (secondary N) is 1. The number of para-hydroxylation sites is 1. The molecule has 1 aliphatic rings. The van der Waals surface area contributed by atoms with E-state index < -0.39 is 9.04 Å². The molecule has 1 fully saturated rings. The average molecular weight is 235 g/mol. The van der Waals surface area contributed by atoms with Crippen molar-refractivity contribution in [1.82, 2.24) is 0 Å². The summed E-state index contributed by atoms with van der Waals surface area (Å²) in [6.45, 7) is 3.25. The summed E-state index contributed by atoms with van der Waals surface area (Å²) >= 11 is 0. The fourth-order valence-corrected chi connectivity index (χ4v) is 5.16. The Bertz CT molecular complexity index is 298. The van der Waals surface area contributed by atoms with Gasteiger partial charge in [0.15, 0.2) is 9.04 Å². The lowest BCUT2D eigenvalue weighted by molar-refractivity contribution is 0.281. The van der Waals surface area contributed by atoms with Gasteiger partial charge in [0, 0.05) is 18.0 Å². The minimum Gasteiger partial charge on any atom is -0.418 e. The number of anilines is 1. The molecule has 0 amide bonds. The topological polar surface area (TPSA) is 21.3 Å². The van der Waals surface area contributed by atoms with E-state index in [0.717, 1.165) is 6.61 Å². The lowest BCUT2D eigenvalue weighted by Gasteiger charge is -2.29. The molecule has 0 spiro atoms. The third-order valence-corrected chi connectivity index (χ3v) is 6.41. The minimum atomic E-state index is -1.02. The maximum Gasteiger partial charge on any atom is 0.198 e. The molecule has 1 aliphatic heterocycles. The van der Waals surface area contributed by atoms with Crippen LogP contribution in [0.4, 0.5) is 5.69 Å². The Morgan fingerprint density at radius 1 is 1.31 bits per heavy atom. The predicted molar refractivity (Wildman–Crippen MR) is 71.3 cm³/mol. The first-order valence-electron chi connectivity index (χ1n) is 6.33. The van der Waals surface area contributed by atoms with Crippen LogP contribution < -0.4 is 5.32 Å². The molecule has 1 aromatic rings. The summed E-state index contributed by atoms with van der Waals surface area (Å²) in [6.07, 6.45) is 3.79. The van der Waals surface area contributed by atoms with Gasteiger partial charge in [0.25, 0.3) is 0 Å². The Balaban J connectivity index is 1.94. The average Bonchev–Trinajstić information content (AvgIpc) is 2.38. The van der Waals surface area contributed by atoms with Gasteiger partial charge in [-0.05, 0) is 31.0 Å². The molecule has 0 aliphatic carbocycles. The zero-order valence-corrected chi connectivity index (χ0v) is 11.1. The molecule has 16 heavy (non-hydrogen) atoms. The quantitative estimate of drug-likeness (QED) is 0.810. The van der Waals surface area contributed by atoms with Crippen molar-refractivity contribution in [2.24, 2.45) is 0 Å². The Morgan fingerprint density at radius 2 is 2.12 bits per heavy atom. The molecule has 2 unspecified atom stereocenters.